The number of benzene rings is 2. The number of aliphatic hydroxyl groups is 2. The zero-order chi connectivity index (χ0) is 53.5. The van der Waals surface area contributed by atoms with E-state index < -0.39 is 53.9 Å². The molecule has 22 nitrogen and oxygen atoms in total. The molecule has 0 fully saturated rings. The highest BCUT2D eigenvalue weighted by atomic mass is 32.2. The smallest absolute Gasteiger partial charge is 0.170 e. The largest absolute Gasteiger partial charge is 0.494 e. The van der Waals surface area contributed by atoms with E-state index >= 15 is 0 Å². The Morgan fingerprint density at radius 2 is 0.838 bits per heavy atom. The third kappa shape index (κ3) is 11.7. The molecule has 2 aromatic carbocycles. The third-order valence-electron chi connectivity index (χ3n) is 11.9. The highest BCUT2D eigenvalue weighted by Crippen LogP contribution is 2.39. The van der Waals surface area contributed by atoms with E-state index in [2.05, 4.69) is 50.8 Å². The molecule has 74 heavy (non-hydrogen) atoms. The second-order valence-corrected chi connectivity index (χ2v) is 21.9. The van der Waals surface area contributed by atoms with Crippen molar-refractivity contribution in [2.24, 2.45) is 0 Å². The second-order valence-electron chi connectivity index (χ2n) is 17.2. The minimum atomic E-state index is -3.96. The SMILES string of the molecule is COc1cccc(OC)c1-n1c(CS(=O)(=O)[C@@H](C)[C@H](O)c2ccc(C)nn2)nnc1-c1cncc(C)c1.COc1cccc(OC)c1-n1c(CS(=O)(=O)[C@H](C)[C@@H](O)c2ccc(C)nn2)nnc1-c1cncc(C)c1. The quantitative estimate of drug-likeness (QED) is 0.106. The Balaban J connectivity index is 0.000000216. The van der Waals surface area contributed by atoms with Gasteiger partial charge < -0.3 is 29.2 Å². The lowest BCUT2D eigenvalue weighted by molar-refractivity contribution is 0.169. The predicted octanol–water partition coefficient (Wildman–Crippen LogP) is 5.58. The van der Waals surface area contributed by atoms with Crippen LogP contribution in [0.3, 0.4) is 0 Å². The van der Waals surface area contributed by atoms with E-state index in [9.17, 15) is 27.0 Å². The number of para-hydroxylation sites is 2. The summed E-state index contributed by atoms with van der Waals surface area (Å²) in [5.74, 6) is 1.66. The fourth-order valence-corrected chi connectivity index (χ4v) is 10.4. The monoisotopic (exact) mass is 1050 g/mol. The van der Waals surface area contributed by atoms with Crippen molar-refractivity contribution in [2.75, 3.05) is 28.4 Å². The number of hydrogen-bond acceptors (Lipinski definition) is 20. The van der Waals surface area contributed by atoms with Gasteiger partial charge in [0, 0.05) is 35.9 Å². The van der Waals surface area contributed by atoms with Crippen LogP contribution in [-0.4, -0.2) is 126 Å². The van der Waals surface area contributed by atoms with E-state index in [1.54, 1.807) is 108 Å². The molecule has 6 aromatic heterocycles. The number of hydrogen-bond donors (Lipinski definition) is 2. The molecule has 6 heterocycles. The third-order valence-corrected chi connectivity index (χ3v) is 16.0. The van der Waals surface area contributed by atoms with Crippen molar-refractivity contribution in [1.29, 1.82) is 0 Å². The highest BCUT2D eigenvalue weighted by Gasteiger charge is 2.36. The summed E-state index contributed by atoms with van der Waals surface area (Å²) in [4.78, 5) is 8.50. The summed E-state index contributed by atoms with van der Waals surface area (Å²) in [6, 6.07) is 20.6. The number of aliphatic hydroxyl groups excluding tert-OH is 2. The molecule has 0 radical (unpaired) electrons. The second kappa shape index (κ2) is 23.0. The average molecular weight is 1050 g/mol. The molecule has 0 amide bonds. The number of pyridine rings is 2. The molecule has 8 rings (SSSR count). The number of sulfone groups is 2. The van der Waals surface area contributed by atoms with Gasteiger partial charge >= 0.3 is 0 Å². The lowest BCUT2D eigenvalue weighted by atomic mass is 10.2. The topological polar surface area (TPSA) is 284 Å². The first-order valence-electron chi connectivity index (χ1n) is 22.9. The zero-order valence-electron chi connectivity index (χ0n) is 42.3. The normalized spacial score (nSPS) is 13.2. The van der Waals surface area contributed by atoms with Crippen LogP contribution in [0.4, 0.5) is 0 Å². The Labute approximate surface area is 428 Å². The van der Waals surface area contributed by atoms with Crippen molar-refractivity contribution in [3.8, 4) is 57.1 Å². The van der Waals surface area contributed by atoms with E-state index in [0.717, 1.165) is 11.1 Å². The van der Waals surface area contributed by atoms with Crippen molar-refractivity contribution in [3.05, 3.63) is 143 Å². The molecular formula is C50H56N12O10S2. The van der Waals surface area contributed by atoms with Crippen LogP contribution in [0.5, 0.6) is 23.0 Å². The van der Waals surface area contributed by atoms with E-state index in [1.807, 2.05) is 26.0 Å². The lowest BCUT2D eigenvalue weighted by Gasteiger charge is -2.20. The summed E-state index contributed by atoms with van der Waals surface area (Å²) in [7, 11) is -1.88. The van der Waals surface area contributed by atoms with Gasteiger partial charge in [-0.3, -0.25) is 19.1 Å². The number of rotatable bonds is 18. The molecule has 24 heteroatoms. The van der Waals surface area contributed by atoms with Gasteiger partial charge in [-0.2, -0.15) is 20.4 Å². The maximum absolute atomic E-state index is 13.5. The first kappa shape index (κ1) is 54.0. The number of aromatic nitrogens is 12. The summed E-state index contributed by atoms with van der Waals surface area (Å²) >= 11 is 0. The molecule has 8 aromatic rings. The Hall–Kier alpha value is -7.80. The van der Waals surface area contributed by atoms with Crippen LogP contribution in [0.2, 0.25) is 0 Å². The first-order chi connectivity index (χ1) is 35.3. The molecule has 388 valence electrons. The summed E-state index contributed by atoms with van der Waals surface area (Å²) in [6.07, 6.45) is 3.89. The van der Waals surface area contributed by atoms with Gasteiger partial charge in [-0.1, -0.05) is 12.1 Å². The minimum absolute atomic E-state index is 0.119. The molecule has 0 unspecified atom stereocenters. The highest BCUT2D eigenvalue weighted by molar-refractivity contribution is 7.91. The van der Waals surface area contributed by atoms with E-state index in [1.165, 1.54) is 42.3 Å². The first-order valence-corrected chi connectivity index (χ1v) is 26.3. The van der Waals surface area contributed by atoms with Crippen molar-refractivity contribution >= 4 is 19.7 Å². The number of aryl methyl sites for hydroxylation is 4. The van der Waals surface area contributed by atoms with Crippen LogP contribution in [0.1, 0.15) is 71.6 Å². The van der Waals surface area contributed by atoms with Gasteiger partial charge in [-0.05, 0) is 113 Å². The van der Waals surface area contributed by atoms with Gasteiger partial charge in [0.2, 0.25) is 0 Å². The van der Waals surface area contributed by atoms with Crippen molar-refractivity contribution in [1.82, 2.24) is 59.9 Å². The Morgan fingerprint density at radius 3 is 1.14 bits per heavy atom. The number of nitrogens with zero attached hydrogens (tertiary/aromatic N) is 12. The summed E-state index contributed by atoms with van der Waals surface area (Å²) in [5.41, 5.74) is 5.58. The Bertz CT molecular complexity index is 3190. The molecule has 0 spiro atoms. The molecule has 0 aliphatic heterocycles. The van der Waals surface area contributed by atoms with Crippen LogP contribution in [-0.2, 0) is 31.2 Å². The van der Waals surface area contributed by atoms with Crippen molar-refractivity contribution in [3.63, 3.8) is 0 Å². The van der Waals surface area contributed by atoms with Crippen LogP contribution in [0.15, 0.2) is 97.6 Å². The molecule has 0 saturated heterocycles. The molecule has 4 atom stereocenters. The van der Waals surface area contributed by atoms with Gasteiger partial charge in [0.15, 0.2) is 43.0 Å². The van der Waals surface area contributed by atoms with Gasteiger partial charge in [-0.25, -0.2) is 16.8 Å². The Morgan fingerprint density at radius 1 is 0.486 bits per heavy atom. The van der Waals surface area contributed by atoms with Gasteiger partial charge in [0.25, 0.3) is 0 Å². The fraction of sp³-hybridized carbons (Fsp3) is 0.320. The minimum Gasteiger partial charge on any atom is -0.494 e. The van der Waals surface area contributed by atoms with Gasteiger partial charge in [0.1, 0.15) is 58.1 Å². The Kier molecular flexibility index (Phi) is 16.7. The molecule has 0 saturated carbocycles. The van der Waals surface area contributed by atoms with E-state index in [4.69, 9.17) is 18.9 Å². The predicted molar refractivity (Wildman–Crippen MR) is 272 cm³/mol. The van der Waals surface area contributed by atoms with Gasteiger partial charge in [0.05, 0.1) is 61.7 Å². The molecule has 0 aliphatic carbocycles. The standard InChI is InChI=1S/2C25H28N6O5S/c2*1-15-11-18(13-26-12-15)25-30-29-22(31(25)23-20(35-4)7-6-8-21(23)36-5)14-37(33,34)17(3)24(32)19-10-9-16(2)27-28-19/h2*6-13,17,24,32H,14H2,1-5H3/t2*17-,24-/m10/s1. The maximum atomic E-state index is 13.5. The summed E-state index contributed by atoms with van der Waals surface area (Å²) in [6.45, 7) is 10.1. The van der Waals surface area contributed by atoms with Crippen molar-refractivity contribution in [2.45, 2.75) is 75.8 Å². The van der Waals surface area contributed by atoms with Crippen molar-refractivity contribution < 1.29 is 46.0 Å². The molecular weight excluding hydrogens is 993 g/mol. The molecule has 0 aliphatic rings. The average Bonchev–Trinajstić information content (AvgIpc) is 4.00. The molecule has 0 bridgehead atoms. The maximum Gasteiger partial charge on any atom is 0.170 e. The number of methoxy groups -OCH3 is 4. The summed E-state index contributed by atoms with van der Waals surface area (Å²) in [5, 5.41) is 52.0. The van der Waals surface area contributed by atoms with Crippen LogP contribution in [0, 0.1) is 27.7 Å². The molecule has 2 N–H and O–H groups in total. The number of ether oxygens (including phenoxy) is 4. The van der Waals surface area contributed by atoms with Crippen LogP contribution >= 0.6 is 0 Å². The van der Waals surface area contributed by atoms with Crippen LogP contribution < -0.4 is 18.9 Å². The van der Waals surface area contributed by atoms with E-state index in [-0.39, 0.29) is 23.0 Å². The fourth-order valence-electron chi connectivity index (χ4n) is 7.75. The zero-order valence-corrected chi connectivity index (χ0v) is 43.9. The summed E-state index contributed by atoms with van der Waals surface area (Å²) < 4.78 is 79.6. The van der Waals surface area contributed by atoms with E-state index in [0.29, 0.717) is 68.5 Å². The van der Waals surface area contributed by atoms with Crippen LogP contribution in [0.25, 0.3) is 34.2 Å². The van der Waals surface area contributed by atoms with Gasteiger partial charge in [-0.15, -0.1) is 20.4 Å². The lowest BCUT2D eigenvalue weighted by Crippen LogP contribution is -2.28.